The Balaban J connectivity index is 2.23. The van der Waals surface area contributed by atoms with Crippen LogP contribution in [0.5, 0.6) is 0 Å². The zero-order valence-corrected chi connectivity index (χ0v) is 15.2. The SMILES string of the molecule is CNC(Cc1cc(C)cc(C)c1)c1cc(Br)c(Br)s1. The van der Waals surface area contributed by atoms with Gasteiger partial charge in [-0.25, -0.2) is 0 Å². The van der Waals surface area contributed by atoms with E-state index >= 15 is 0 Å². The molecule has 1 aromatic heterocycles. The summed E-state index contributed by atoms with van der Waals surface area (Å²) in [6.45, 7) is 4.31. The van der Waals surface area contributed by atoms with Gasteiger partial charge in [-0.1, -0.05) is 29.3 Å². The second-order valence-corrected chi connectivity index (χ2v) is 8.07. The van der Waals surface area contributed by atoms with Crippen molar-refractivity contribution in [2.45, 2.75) is 26.3 Å². The van der Waals surface area contributed by atoms with E-state index in [0.29, 0.717) is 6.04 Å². The lowest BCUT2D eigenvalue weighted by atomic mass is 10.0. The molecule has 0 amide bonds. The molecule has 0 aliphatic heterocycles. The summed E-state index contributed by atoms with van der Waals surface area (Å²) in [6.07, 6.45) is 1.01. The largest absolute Gasteiger partial charge is 0.312 e. The third-order valence-corrected chi connectivity index (χ3v) is 6.45. The van der Waals surface area contributed by atoms with E-state index in [0.717, 1.165) is 14.7 Å². The Kier molecular flexibility index (Phi) is 5.23. The molecule has 4 heteroatoms. The smallest absolute Gasteiger partial charge is 0.0843 e. The zero-order chi connectivity index (χ0) is 14.0. The van der Waals surface area contributed by atoms with Gasteiger partial charge in [-0.15, -0.1) is 11.3 Å². The van der Waals surface area contributed by atoms with Gasteiger partial charge in [0.25, 0.3) is 0 Å². The van der Waals surface area contributed by atoms with Gasteiger partial charge in [0.05, 0.1) is 3.79 Å². The highest BCUT2D eigenvalue weighted by Gasteiger charge is 2.15. The monoisotopic (exact) mass is 401 g/mol. The van der Waals surface area contributed by atoms with Crippen molar-refractivity contribution >= 4 is 43.2 Å². The standard InChI is InChI=1S/C15H17Br2NS/c1-9-4-10(2)6-11(5-9)7-13(18-3)14-8-12(16)15(17)19-14/h4-6,8,13,18H,7H2,1-3H3. The van der Waals surface area contributed by atoms with Crippen LogP contribution in [-0.4, -0.2) is 7.05 Å². The summed E-state index contributed by atoms with van der Waals surface area (Å²) in [5, 5.41) is 3.42. The second-order valence-electron chi connectivity index (χ2n) is 4.81. The van der Waals surface area contributed by atoms with Gasteiger partial charge in [0.1, 0.15) is 0 Å². The predicted octanol–water partition coefficient (Wildman–Crippen LogP) is 5.39. The Morgan fingerprint density at radius 2 is 1.74 bits per heavy atom. The Bertz CT molecular complexity index is 538. The van der Waals surface area contributed by atoms with Crippen LogP contribution in [0.1, 0.15) is 27.6 Å². The lowest BCUT2D eigenvalue weighted by Gasteiger charge is -2.15. The molecule has 0 bridgehead atoms. The molecule has 0 spiro atoms. The van der Waals surface area contributed by atoms with E-state index in [1.807, 2.05) is 7.05 Å². The average Bonchev–Trinajstić information content (AvgIpc) is 2.65. The maximum Gasteiger partial charge on any atom is 0.0843 e. The van der Waals surface area contributed by atoms with E-state index < -0.39 is 0 Å². The first-order chi connectivity index (χ1) is 8.99. The number of halogens is 2. The number of rotatable bonds is 4. The van der Waals surface area contributed by atoms with Gasteiger partial charge in [0.2, 0.25) is 0 Å². The summed E-state index contributed by atoms with van der Waals surface area (Å²) < 4.78 is 2.29. The number of likely N-dealkylation sites (N-methyl/N-ethyl adjacent to an activating group) is 1. The van der Waals surface area contributed by atoms with Crippen LogP contribution in [0.25, 0.3) is 0 Å². The van der Waals surface area contributed by atoms with Crippen LogP contribution in [0.15, 0.2) is 32.5 Å². The number of hydrogen-bond donors (Lipinski definition) is 1. The molecule has 2 aromatic rings. The van der Waals surface area contributed by atoms with Crippen LogP contribution in [0.2, 0.25) is 0 Å². The summed E-state index contributed by atoms with van der Waals surface area (Å²) in [4.78, 5) is 1.35. The van der Waals surface area contributed by atoms with Gasteiger partial charge in [-0.05, 0) is 70.8 Å². The van der Waals surface area contributed by atoms with Crippen LogP contribution in [0, 0.1) is 13.8 Å². The molecule has 102 valence electrons. The van der Waals surface area contributed by atoms with Gasteiger partial charge in [-0.2, -0.15) is 0 Å². The van der Waals surface area contributed by atoms with Crippen molar-refractivity contribution in [3.05, 3.63) is 54.1 Å². The maximum atomic E-state index is 3.57. The van der Waals surface area contributed by atoms with Crippen LogP contribution in [0.3, 0.4) is 0 Å². The van der Waals surface area contributed by atoms with Crippen LogP contribution in [0.4, 0.5) is 0 Å². The molecule has 0 saturated heterocycles. The first kappa shape index (κ1) is 15.2. The van der Waals surface area contributed by atoms with Crippen molar-refractivity contribution in [1.82, 2.24) is 5.32 Å². The topological polar surface area (TPSA) is 12.0 Å². The van der Waals surface area contributed by atoms with Crippen LogP contribution < -0.4 is 5.32 Å². The molecule has 19 heavy (non-hydrogen) atoms. The molecule has 1 N–H and O–H groups in total. The summed E-state index contributed by atoms with van der Waals surface area (Å²) in [6, 6.07) is 9.31. The number of thiophene rings is 1. The van der Waals surface area contributed by atoms with Gasteiger partial charge in [0, 0.05) is 15.4 Å². The predicted molar refractivity (Wildman–Crippen MR) is 91.1 cm³/mol. The normalized spacial score (nSPS) is 12.7. The average molecular weight is 403 g/mol. The summed E-state index contributed by atoms with van der Waals surface area (Å²) in [5.74, 6) is 0. The highest BCUT2D eigenvalue weighted by atomic mass is 79.9. The fourth-order valence-corrected chi connectivity index (χ4v) is 4.50. The van der Waals surface area contributed by atoms with Gasteiger partial charge in [0.15, 0.2) is 0 Å². The lowest BCUT2D eigenvalue weighted by Crippen LogP contribution is -2.17. The Morgan fingerprint density at radius 3 is 2.21 bits per heavy atom. The molecule has 0 radical (unpaired) electrons. The minimum Gasteiger partial charge on any atom is -0.312 e. The molecular weight excluding hydrogens is 386 g/mol. The fourth-order valence-electron chi connectivity index (χ4n) is 2.30. The number of nitrogens with one attached hydrogen (secondary N) is 1. The number of aryl methyl sites for hydroxylation is 2. The lowest BCUT2D eigenvalue weighted by molar-refractivity contribution is 0.601. The van der Waals surface area contributed by atoms with Crippen molar-refractivity contribution in [3.8, 4) is 0 Å². The Hall–Kier alpha value is -0.160. The highest BCUT2D eigenvalue weighted by molar-refractivity contribution is 9.13. The van der Waals surface area contributed by atoms with Crippen LogP contribution >= 0.6 is 43.2 Å². The Labute approximate surface area is 135 Å². The van der Waals surface area contributed by atoms with E-state index in [4.69, 9.17) is 0 Å². The van der Waals surface area contributed by atoms with Crippen molar-refractivity contribution in [2.24, 2.45) is 0 Å². The summed E-state index contributed by atoms with van der Waals surface area (Å²) >= 11 is 8.91. The number of benzene rings is 1. The number of hydrogen-bond acceptors (Lipinski definition) is 2. The first-order valence-electron chi connectivity index (χ1n) is 6.18. The quantitative estimate of drug-likeness (QED) is 0.722. The minimum absolute atomic E-state index is 0.355. The molecule has 0 aliphatic carbocycles. The minimum atomic E-state index is 0.355. The van der Waals surface area contributed by atoms with Crippen molar-refractivity contribution in [1.29, 1.82) is 0 Å². The second kappa shape index (κ2) is 6.53. The van der Waals surface area contributed by atoms with Crippen LogP contribution in [-0.2, 0) is 6.42 Å². The molecule has 0 aliphatic rings. The third-order valence-electron chi connectivity index (χ3n) is 3.08. The van der Waals surface area contributed by atoms with E-state index in [-0.39, 0.29) is 0 Å². The van der Waals surface area contributed by atoms with E-state index in [9.17, 15) is 0 Å². The third kappa shape index (κ3) is 3.91. The Morgan fingerprint density at radius 1 is 1.11 bits per heavy atom. The van der Waals surface area contributed by atoms with E-state index in [2.05, 4.69) is 75.3 Å². The highest BCUT2D eigenvalue weighted by Crippen LogP contribution is 2.36. The molecule has 2 rings (SSSR count). The molecule has 1 nitrogen and oxygen atoms in total. The molecule has 0 fully saturated rings. The maximum absolute atomic E-state index is 3.57. The first-order valence-corrected chi connectivity index (χ1v) is 8.59. The molecule has 1 unspecified atom stereocenters. The molecule has 0 saturated carbocycles. The fraction of sp³-hybridized carbons (Fsp3) is 0.333. The summed E-state index contributed by atoms with van der Waals surface area (Å²) in [7, 11) is 2.02. The molecule has 1 aromatic carbocycles. The van der Waals surface area contributed by atoms with E-state index in [1.165, 1.54) is 21.6 Å². The van der Waals surface area contributed by atoms with Gasteiger partial charge < -0.3 is 5.32 Å². The molecule has 1 atom stereocenters. The van der Waals surface area contributed by atoms with Gasteiger partial charge in [-0.3, -0.25) is 0 Å². The molecule has 1 heterocycles. The van der Waals surface area contributed by atoms with Crippen molar-refractivity contribution in [2.75, 3.05) is 7.05 Å². The van der Waals surface area contributed by atoms with E-state index in [1.54, 1.807) is 11.3 Å². The zero-order valence-electron chi connectivity index (χ0n) is 11.3. The molecular formula is C15H17Br2NS. The summed E-state index contributed by atoms with van der Waals surface area (Å²) in [5.41, 5.74) is 4.05. The van der Waals surface area contributed by atoms with Crippen molar-refractivity contribution in [3.63, 3.8) is 0 Å². The van der Waals surface area contributed by atoms with Gasteiger partial charge >= 0.3 is 0 Å². The van der Waals surface area contributed by atoms with Crippen molar-refractivity contribution < 1.29 is 0 Å².